The summed E-state index contributed by atoms with van der Waals surface area (Å²) in [6.07, 6.45) is 6.77. The minimum absolute atomic E-state index is 0.0928. The van der Waals surface area contributed by atoms with E-state index in [0.717, 1.165) is 5.69 Å². The second-order valence-corrected chi connectivity index (χ2v) is 4.72. The molecule has 88 valence electrons. The molecule has 2 aromatic rings. The second kappa shape index (κ2) is 4.34. The number of aryl methyl sites for hydroxylation is 2. The molecule has 3 heteroatoms. The molecule has 1 aromatic heterocycles. The van der Waals surface area contributed by atoms with E-state index in [-0.39, 0.29) is 6.04 Å². The first-order valence-corrected chi connectivity index (χ1v) is 6.21. The second-order valence-electron chi connectivity index (χ2n) is 4.72. The monoisotopic (exact) mass is 227 g/mol. The zero-order valence-corrected chi connectivity index (χ0v) is 9.82. The van der Waals surface area contributed by atoms with E-state index >= 15 is 0 Å². The van der Waals surface area contributed by atoms with E-state index in [1.54, 1.807) is 6.20 Å². The Morgan fingerprint density at radius 1 is 1.12 bits per heavy atom. The molecule has 17 heavy (non-hydrogen) atoms. The Morgan fingerprint density at radius 2 is 1.94 bits per heavy atom. The molecule has 3 N–H and O–H groups in total. The first kappa shape index (κ1) is 10.5. The van der Waals surface area contributed by atoms with E-state index in [1.165, 1.54) is 42.4 Å². The number of benzene rings is 1. The summed E-state index contributed by atoms with van der Waals surface area (Å²) in [6.45, 7) is 0. The lowest BCUT2D eigenvalue weighted by Crippen LogP contribution is -2.14. The molecular formula is C14H17N3. The first-order chi connectivity index (χ1) is 8.34. The smallest absolute Gasteiger partial charge is 0.0720 e. The van der Waals surface area contributed by atoms with Gasteiger partial charge in [0.25, 0.3) is 0 Å². The number of nitrogens with one attached hydrogen (secondary N) is 1. The number of aromatic amines is 1. The van der Waals surface area contributed by atoms with Crippen LogP contribution in [0.15, 0.2) is 30.5 Å². The highest BCUT2D eigenvalue weighted by atomic mass is 15.1. The molecule has 1 aliphatic rings. The number of rotatable bonds is 2. The minimum atomic E-state index is -0.0928. The molecule has 0 bridgehead atoms. The van der Waals surface area contributed by atoms with Crippen molar-refractivity contribution in [3.05, 3.63) is 52.8 Å². The third-order valence-corrected chi connectivity index (χ3v) is 3.59. The van der Waals surface area contributed by atoms with Crippen LogP contribution in [0, 0.1) is 0 Å². The number of nitrogens with two attached hydrogens (primary N) is 1. The molecule has 0 amide bonds. The fraction of sp³-hybridized carbons (Fsp3) is 0.357. The Labute approximate surface area is 101 Å². The Kier molecular flexibility index (Phi) is 2.69. The predicted octanol–water partition coefficient (Wildman–Crippen LogP) is 2.34. The summed E-state index contributed by atoms with van der Waals surface area (Å²) in [7, 11) is 0. The number of H-pyrrole nitrogens is 1. The van der Waals surface area contributed by atoms with Gasteiger partial charge in [0.1, 0.15) is 0 Å². The maximum absolute atomic E-state index is 6.22. The van der Waals surface area contributed by atoms with Gasteiger partial charge in [0.15, 0.2) is 0 Å². The molecule has 3 rings (SSSR count). The largest absolute Gasteiger partial charge is 0.319 e. The van der Waals surface area contributed by atoms with Crippen LogP contribution in [0.2, 0.25) is 0 Å². The first-order valence-electron chi connectivity index (χ1n) is 6.21. The summed E-state index contributed by atoms with van der Waals surface area (Å²) in [4.78, 5) is 0. The van der Waals surface area contributed by atoms with Crippen molar-refractivity contribution in [1.82, 2.24) is 10.2 Å². The van der Waals surface area contributed by atoms with Gasteiger partial charge in [-0.25, -0.2) is 0 Å². The van der Waals surface area contributed by atoms with E-state index in [0.29, 0.717) is 0 Å². The maximum atomic E-state index is 6.22. The molecule has 0 spiro atoms. The Bertz CT molecular complexity index is 502. The minimum Gasteiger partial charge on any atom is -0.319 e. The quantitative estimate of drug-likeness (QED) is 0.827. The highest BCUT2D eigenvalue weighted by Gasteiger charge is 2.14. The van der Waals surface area contributed by atoms with Crippen LogP contribution < -0.4 is 5.73 Å². The average molecular weight is 227 g/mol. The van der Waals surface area contributed by atoms with Crippen LogP contribution in [0.3, 0.4) is 0 Å². The van der Waals surface area contributed by atoms with Crippen molar-refractivity contribution in [3.8, 4) is 0 Å². The molecular weight excluding hydrogens is 210 g/mol. The van der Waals surface area contributed by atoms with Crippen molar-refractivity contribution in [1.29, 1.82) is 0 Å². The predicted molar refractivity (Wildman–Crippen MR) is 67.7 cm³/mol. The fourth-order valence-electron chi connectivity index (χ4n) is 2.57. The highest BCUT2D eigenvalue weighted by Crippen LogP contribution is 2.25. The van der Waals surface area contributed by atoms with E-state index in [2.05, 4.69) is 28.4 Å². The van der Waals surface area contributed by atoms with Gasteiger partial charge in [0.2, 0.25) is 0 Å². The van der Waals surface area contributed by atoms with Gasteiger partial charge in [-0.1, -0.05) is 18.2 Å². The summed E-state index contributed by atoms with van der Waals surface area (Å²) in [6, 6.07) is 8.49. The van der Waals surface area contributed by atoms with Gasteiger partial charge in [-0.2, -0.15) is 5.10 Å². The van der Waals surface area contributed by atoms with Gasteiger partial charge < -0.3 is 5.73 Å². The molecule has 1 heterocycles. The molecule has 1 unspecified atom stereocenters. The average Bonchev–Trinajstić information content (AvgIpc) is 2.91. The van der Waals surface area contributed by atoms with Gasteiger partial charge >= 0.3 is 0 Å². The fourth-order valence-corrected chi connectivity index (χ4v) is 2.57. The van der Waals surface area contributed by atoms with Crippen LogP contribution in [-0.2, 0) is 12.8 Å². The van der Waals surface area contributed by atoms with Gasteiger partial charge in [-0.3, -0.25) is 5.10 Å². The summed E-state index contributed by atoms with van der Waals surface area (Å²) in [5.41, 5.74) is 11.3. The van der Waals surface area contributed by atoms with Crippen molar-refractivity contribution in [2.24, 2.45) is 5.73 Å². The Hall–Kier alpha value is -1.61. The normalized spacial score (nSPS) is 16.5. The highest BCUT2D eigenvalue weighted by molar-refractivity contribution is 5.37. The summed E-state index contributed by atoms with van der Waals surface area (Å²) >= 11 is 0. The van der Waals surface area contributed by atoms with Gasteiger partial charge in [0.05, 0.1) is 11.7 Å². The third-order valence-electron chi connectivity index (χ3n) is 3.59. The summed E-state index contributed by atoms with van der Waals surface area (Å²) < 4.78 is 0. The van der Waals surface area contributed by atoms with Crippen LogP contribution in [0.25, 0.3) is 0 Å². The van der Waals surface area contributed by atoms with Crippen molar-refractivity contribution in [2.75, 3.05) is 0 Å². The standard InChI is InChI=1S/C14H17N3/c15-14(13-7-8-16-17-13)12-6-5-10-3-1-2-4-11(10)9-12/h5-9,14H,1-4,15H2,(H,16,17). The number of hydrogen-bond acceptors (Lipinski definition) is 2. The van der Waals surface area contributed by atoms with E-state index in [4.69, 9.17) is 5.73 Å². The lowest BCUT2D eigenvalue weighted by Gasteiger charge is -2.18. The van der Waals surface area contributed by atoms with Crippen molar-refractivity contribution < 1.29 is 0 Å². The summed E-state index contributed by atoms with van der Waals surface area (Å²) in [5.74, 6) is 0. The van der Waals surface area contributed by atoms with Crippen LogP contribution in [0.4, 0.5) is 0 Å². The lowest BCUT2D eigenvalue weighted by atomic mass is 9.89. The van der Waals surface area contributed by atoms with Crippen LogP contribution in [0.5, 0.6) is 0 Å². The number of nitrogens with zero attached hydrogens (tertiary/aromatic N) is 1. The topological polar surface area (TPSA) is 54.7 Å². The SMILES string of the molecule is NC(c1ccc2c(c1)CCCC2)c1ccn[nH]1. The third kappa shape index (κ3) is 1.98. The Morgan fingerprint density at radius 3 is 2.71 bits per heavy atom. The summed E-state index contributed by atoms with van der Waals surface area (Å²) in [5, 5.41) is 6.89. The van der Waals surface area contributed by atoms with E-state index < -0.39 is 0 Å². The maximum Gasteiger partial charge on any atom is 0.0720 e. The number of aromatic nitrogens is 2. The molecule has 1 aromatic carbocycles. The van der Waals surface area contributed by atoms with Crippen molar-refractivity contribution >= 4 is 0 Å². The molecule has 0 fully saturated rings. The zero-order chi connectivity index (χ0) is 11.7. The molecule has 1 atom stereocenters. The molecule has 3 nitrogen and oxygen atoms in total. The number of hydrogen-bond donors (Lipinski definition) is 2. The van der Waals surface area contributed by atoms with Gasteiger partial charge in [-0.05, 0) is 48.4 Å². The molecule has 0 radical (unpaired) electrons. The molecule has 0 aliphatic heterocycles. The van der Waals surface area contributed by atoms with Crippen LogP contribution in [0.1, 0.15) is 41.3 Å². The molecule has 0 saturated carbocycles. The van der Waals surface area contributed by atoms with Crippen molar-refractivity contribution in [2.45, 2.75) is 31.7 Å². The van der Waals surface area contributed by atoms with E-state index in [1.807, 2.05) is 6.07 Å². The van der Waals surface area contributed by atoms with Gasteiger partial charge in [-0.15, -0.1) is 0 Å². The Balaban J connectivity index is 1.93. The van der Waals surface area contributed by atoms with Crippen molar-refractivity contribution in [3.63, 3.8) is 0 Å². The number of fused-ring (bicyclic) bond motifs is 1. The van der Waals surface area contributed by atoms with E-state index in [9.17, 15) is 0 Å². The van der Waals surface area contributed by atoms with Crippen LogP contribution in [-0.4, -0.2) is 10.2 Å². The molecule has 0 saturated heterocycles. The van der Waals surface area contributed by atoms with Gasteiger partial charge in [0, 0.05) is 6.20 Å². The molecule has 1 aliphatic carbocycles. The zero-order valence-electron chi connectivity index (χ0n) is 9.82. The van der Waals surface area contributed by atoms with Crippen LogP contribution >= 0.6 is 0 Å². The lowest BCUT2D eigenvalue weighted by molar-refractivity contribution is 0.682.